The summed E-state index contributed by atoms with van der Waals surface area (Å²) >= 11 is 0. The van der Waals surface area contributed by atoms with Crippen molar-refractivity contribution in [1.82, 2.24) is 9.78 Å². The van der Waals surface area contributed by atoms with Crippen LogP contribution in [0.15, 0.2) is 52.3 Å². The Labute approximate surface area is 139 Å². The standard InChI is InChI=1S/C19H19N3O2/c1-12-8-9-17(13(2)10-12)22-19(24)15(14(3)21-22)11-20-16-6-4-5-7-18(16)23/h4-11,21,23H,1-3H3. The van der Waals surface area contributed by atoms with Crippen LogP contribution in [-0.2, 0) is 0 Å². The normalized spacial score (nSPS) is 11.3. The molecule has 0 aliphatic heterocycles. The molecule has 0 aliphatic rings. The first-order chi connectivity index (χ1) is 11.5. The molecule has 2 N–H and O–H groups in total. The molecule has 1 aromatic heterocycles. The molecule has 122 valence electrons. The lowest BCUT2D eigenvalue weighted by Crippen LogP contribution is -2.18. The van der Waals surface area contributed by atoms with Gasteiger partial charge in [-0.2, -0.15) is 0 Å². The zero-order valence-electron chi connectivity index (χ0n) is 13.9. The number of aromatic amines is 1. The van der Waals surface area contributed by atoms with Crippen LogP contribution >= 0.6 is 0 Å². The fourth-order valence-corrected chi connectivity index (χ4v) is 2.64. The van der Waals surface area contributed by atoms with E-state index in [4.69, 9.17) is 0 Å². The zero-order valence-corrected chi connectivity index (χ0v) is 13.9. The minimum Gasteiger partial charge on any atom is -0.506 e. The quantitative estimate of drug-likeness (QED) is 0.724. The van der Waals surface area contributed by atoms with E-state index in [9.17, 15) is 9.90 Å². The number of rotatable bonds is 3. The van der Waals surface area contributed by atoms with E-state index in [1.807, 2.05) is 39.0 Å². The molecule has 0 atom stereocenters. The molecule has 2 aromatic carbocycles. The van der Waals surface area contributed by atoms with Gasteiger partial charge in [-0.05, 0) is 44.5 Å². The summed E-state index contributed by atoms with van der Waals surface area (Å²) in [5, 5.41) is 12.9. The number of nitrogens with one attached hydrogen (secondary N) is 1. The van der Waals surface area contributed by atoms with Crippen LogP contribution in [0.25, 0.3) is 5.69 Å². The minimum absolute atomic E-state index is 0.0802. The second-order valence-electron chi connectivity index (χ2n) is 5.83. The van der Waals surface area contributed by atoms with E-state index in [0.717, 1.165) is 22.5 Å². The number of aromatic nitrogens is 2. The van der Waals surface area contributed by atoms with Gasteiger partial charge in [-0.15, -0.1) is 0 Å². The van der Waals surface area contributed by atoms with Crippen molar-refractivity contribution in [2.75, 3.05) is 0 Å². The van der Waals surface area contributed by atoms with Crippen LogP contribution in [0.3, 0.4) is 0 Å². The topological polar surface area (TPSA) is 70.4 Å². The summed E-state index contributed by atoms with van der Waals surface area (Å²) in [6, 6.07) is 12.7. The number of benzene rings is 2. The molecule has 0 unspecified atom stereocenters. The van der Waals surface area contributed by atoms with Gasteiger partial charge >= 0.3 is 0 Å². The van der Waals surface area contributed by atoms with Crippen molar-refractivity contribution in [2.45, 2.75) is 20.8 Å². The fourth-order valence-electron chi connectivity index (χ4n) is 2.64. The Morgan fingerprint density at radius 2 is 1.88 bits per heavy atom. The van der Waals surface area contributed by atoms with E-state index < -0.39 is 0 Å². The van der Waals surface area contributed by atoms with E-state index in [0.29, 0.717) is 11.3 Å². The van der Waals surface area contributed by atoms with Crippen molar-refractivity contribution in [1.29, 1.82) is 0 Å². The highest BCUT2D eigenvalue weighted by Crippen LogP contribution is 2.24. The van der Waals surface area contributed by atoms with Gasteiger partial charge in [0, 0.05) is 11.9 Å². The van der Waals surface area contributed by atoms with Gasteiger partial charge in [-0.25, -0.2) is 4.68 Å². The molecule has 0 saturated heterocycles. The van der Waals surface area contributed by atoms with Crippen molar-refractivity contribution in [2.24, 2.45) is 4.99 Å². The third kappa shape index (κ3) is 2.88. The van der Waals surface area contributed by atoms with Gasteiger partial charge in [0.1, 0.15) is 11.4 Å². The van der Waals surface area contributed by atoms with Gasteiger partial charge in [-0.1, -0.05) is 29.8 Å². The van der Waals surface area contributed by atoms with Gasteiger partial charge in [0.2, 0.25) is 0 Å². The van der Waals surface area contributed by atoms with Crippen LogP contribution in [0, 0.1) is 20.8 Å². The van der Waals surface area contributed by atoms with Crippen LogP contribution in [0.1, 0.15) is 22.4 Å². The summed E-state index contributed by atoms with van der Waals surface area (Å²) in [6.07, 6.45) is 1.49. The first-order valence-electron chi connectivity index (χ1n) is 7.68. The number of para-hydroxylation sites is 2. The molecular weight excluding hydrogens is 302 g/mol. The van der Waals surface area contributed by atoms with E-state index in [-0.39, 0.29) is 11.3 Å². The van der Waals surface area contributed by atoms with Crippen LogP contribution in [0.2, 0.25) is 0 Å². The van der Waals surface area contributed by atoms with Crippen molar-refractivity contribution in [3.8, 4) is 11.4 Å². The summed E-state index contributed by atoms with van der Waals surface area (Å²) in [7, 11) is 0. The molecule has 0 saturated carbocycles. The summed E-state index contributed by atoms with van der Waals surface area (Å²) < 4.78 is 1.52. The maximum absolute atomic E-state index is 12.7. The maximum atomic E-state index is 12.7. The van der Waals surface area contributed by atoms with Gasteiger partial charge in [-0.3, -0.25) is 14.9 Å². The molecule has 0 bridgehead atoms. The summed E-state index contributed by atoms with van der Waals surface area (Å²) in [5.41, 5.74) is 4.43. The lowest BCUT2D eigenvalue weighted by Gasteiger charge is -2.06. The molecule has 24 heavy (non-hydrogen) atoms. The number of aryl methyl sites for hydroxylation is 3. The largest absolute Gasteiger partial charge is 0.506 e. The predicted molar refractivity (Wildman–Crippen MR) is 96.0 cm³/mol. The molecule has 0 fully saturated rings. The average molecular weight is 321 g/mol. The number of phenols is 1. The zero-order chi connectivity index (χ0) is 17.3. The van der Waals surface area contributed by atoms with Gasteiger partial charge in [0.25, 0.3) is 5.56 Å². The maximum Gasteiger partial charge on any atom is 0.280 e. The number of phenolic OH excluding ortho intramolecular Hbond substituents is 1. The van der Waals surface area contributed by atoms with E-state index in [1.165, 1.54) is 10.9 Å². The van der Waals surface area contributed by atoms with Crippen LogP contribution in [0.4, 0.5) is 5.69 Å². The predicted octanol–water partition coefficient (Wildman–Crippen LogP) is 3.55. The van der Waals surface area contributed by atoms with Crippen molar-refractivity contribution >= 4 is 11.9 Å². The number of H-pyrrole nitrogens is 1. The lowest BCUT2D eigenvalue weighted by atomic mass is 10.1. The first kappa shape index (κ1) is 15.8. The Morgan fingerprint density at radius 1 is 1.12 bits per heavy atom. The smallest absolute Gasteiger partial charge is 0.280 e. The number of aromatic hydroxyl groups is 1. The second kappa shape index (κ2) is 6.20. The molecule has 0 aliphatic carbocycles. The van der Waals surface area contributed by atoms with Crippen LogP contribution in [-0.4, -0.2) is 21.1 Å². The highest BCUT2D eigenvalue weighted by atomic mass is 16.3. The average Bonchev–Trinajstić information content (AvgIpc) is 2.81. The number of hydrogen-bond donors (Lipinski definition) is 2. The molecule has 0 amide bonds. The molecule has 5 nitrogen and oxygen atoms in total. The SMILES string of the molecule is Cc1ccc(-n2[nH]c(C)c(C=Nc3ccccc3O)c2=O)c(C)c1. The van der Waals surface area contributed by atoms with Crippen LogP contribution in [0.5, 0.6) is 5.75 Å². The van der Waals surface area contributed by atoms with Crippen LogP contribution < -0.4 is 5.56 Å². The summed E-state index contributed by atoms with van der Waals surface area (Å²) in [5.74, 6) is 0.0802. The first-order valence-corrected chi connectivity index (χ1v) is 7.68. The fraction of sp³-hybridized carbons (Fsp3) is 0.158. The molecule has 3 rings (SSSR count). The highest BCUT2D eigenvalue weighted by Gasteiger charge is 2.12. The highest BCUT2D eigenvalue weighted by molar-refractivity contribution is 5.83. The lowest BCUT2D eigenvalue weighted by molar-refractivity contribution is 0.477. The minimum atomic E-state index is -0.168. The third-order valence-electron chi connectivity index (χ3n) is 3.92. The monoisotopic (exact) mass is 321 g/mol. The van der Waals surface area contributed by atoms with Crippen molar-refractivity contribution in [3.63, 3.8) is 0 Å². The number of aliphatic imine (C=N–C) groups is 1. The molecule has 0 spiro atoms. The van der Waals surface area contributed by atoms with E-state index >= 15 is 0 Å². The Bertz CT molecular complexity index is 981. The summed E-state index contributed by atoms with van der Waals surface area (Å²) in [6.45, 7) is 5.82. The van der Waals surface area contributed by atoms with E-state index in [2.05, 4.69) is 10.1 Å². The second-order valence-corrected chi connectivity index (χ2v) is 5.83. The van der Waals surface area contributed by atoms with Gasteiger partial charge in [0.15, 0.2) is 0 Å². The van der Waals surface area contributed by atoms with Gasteiger partial charge < -0.3 is 5.11 Å². The molecule has 0 radical (unpaired) electrons. The number of nitrogens with zero attached hydrogens (tertiary/aromatic N) is 2. The Morgan fingerprint density at radius 3 is 2.58 bits per heavy atom. The Kier molecular flexibility index (Phi) is 4.08. The third-order valence-corrected chi connectivity index (χ3v) is 3.92. The Hall–Kier alpha value is -3.08. The number of hydrogen-bond acceptors (Lipinski definition) is 3. The molecule has 1 heterocycles. The van der Waals surface area contributed by atoms with Crippen molar-refractivity contribution < 1.29 is 5.11 Å². The molecule has 5 heteroatoms. The van der Waals surface area contributed by atoms with Gasteiger partial charge in [0.05, 0.1) is 11.3 Å². The molecule has 3 aromatic rings. The summed E-state index contributed by atoms with van der Waals surface area (Å²) in [4.78, 5) is 16.9. The molecular formula is C19H19N3O2. The van der Waals surface area contributed by atoms with Crippen molar-refractivity contribution in [3.05, 3.63) is 75.2 Å². The van der Waals surface area contributed by atoms with E-state index in [1.54, 1.807) is 24.3 Å². The Balaban J connectivity index is 2.04.